The molecule has 4 heteroatoms. The van der Waals surface area contributed by atoms with Gasteiger partial charge in [-0.05, 0) is 12.8 Å². The molecule has 0 spiro atoms. The Morgan fingerprint density at radius 2 is 2.50 bits per heavy atom. The number of amides is 1. The van der Waals surface area contributed by atoms with Crippen molar-refractivity contribution in [3.8, 4) is 0 Å². The Morgan fingerprint density at radius 1 is 1.83 bits per heavy atom. The zero-order valence-corrected chi connectivity index (χ0v) is 7.36. The zero-order valence-electron chi connectivity index (χ0n) is 7.36. The van der Waals surface area contributed by atoms with Crippen LogP contribution in [0.25, 0.3) is 0 Å². The van der Waals surface area contributed by atoms with Crippen molar-refractivity contribution in [3.05, 3.63) is 0 Å². The van der Waals surface area contributed by atoms with Gasteiger partial charge in [0.05, 0.1) is 12.1 Å². The Labute approximate surface area is 72.3 Å². The van der Waals surface area contributed by atoms with Crippen molar-refractivity contribution < 1.29 is 9.90 Å². The molecule has 1 rings (SSSR count). The third-order valence-electron chi connectivity index (χ3n) is 2.23. The summed E-state index contributed by atoms with van der Waals surface area (Å²) in [7, 11) is 0. The number of nitrogens with zero attached hydrogens (tertiary/aromatic N) is 1. The molecule has 4 nitrogen and oxygen atoms in total. The fraction of sp³-hybridized carbons (Fsp3) is 0.875. The average Bonchev–Trinajstić information content (AvgIpc) is 2.49. The van der Waals surface area contributed by atoms with E-state index in [2.05, 4.69) is 0 Å². The van der Waals surface area contributed by atoms with Crippen LogP contribution in [0, 0.1) is 0 Å². The predicted molar refractivity (Wildman–Crippen MR) is 45.5 cm³/mol. The highest BCUT2D eigenvalue weighted by atomic mass is 16.3. The van der Waals surface area contributed by atoms with Crippen molar-refractivity contribution in [1.82, 2.24) is 4.90 Å². The third kappa shape index (κ3) is 1.95. The van der Waals surface area contributed by atoms with E-state index in [4.69, 9.17) is 10.8 Å². The summed E-state index contributed by atoms with van der Waals surface area (Å²) in [5, 5.41) is 9.17. The first kappa shape index (κ1) is 9.48. The number of aliphatic hydroxyl groups excluding tert-OH is 1. The third-order valence-corrected chi connectivity index (χ3v) is 2.23. The van der Waals surface area contributed by atoms with E-state index in [0.29, 0.717) is 25.9 Å². The fourth-order valence-electron chi connectivity index (χ4n) is 1.35. The molecular formula is C8H16N2O2. The topological polar surface area (TPSA) is 66.6 Å². The maximum atomic E-state index is 11.4. The number of rotatable bonds is 2. The van der Waals surface area contributed by atoms with Crippen molar-refractivity contribution >= 4 is 5.91 Å². The number of β-amino-alcohol motifs (C(OH)–C–C–N with tert-alkyl or cyclic N) is 1. The number of carbonyl (C=O) groups excluding carboxylic acids is 1. The van der Waals surface area contributed by atoms with E-state index in [0.717, 1.165) is 0 Å². The average molecular weight is 172 g/mol. The number of hydrogen-bond acceptors (Lipinski definition) is 3. The Kier molecular flexibility index (Phi) is 3.05. The summed E-state index contributed by atoms with van der Waals surface area (Å²) in [5.41, 5.74) is 5.57. The van der Waals surface area contributed by atoms with Crippen LogP contribution < -0.4 is 5.73 Å². The molecule has 0 unspecified atom stereocenters. The van der Waals surface area contributed by atoms with Gasteiger partial charge in [-0.25, -0.2) is 0 Å². The van der Waals surface area contributed by atoms with Crippen LogP contribution >= 0.6 is 0 Å². The number of likely N-dealkylation sites (tertiary alicyclic amines) is 1. The lowest BCUT2D eigenvalue weighted by Gasteiger charge is -2.18. The fourth-order valence-corrected chi connectivity index (χ4v) is 1.35. The molecule has 0 aliphatic carbocycles. The molecule has 1 fully saturated rings. The quantitative estimate of drug-likeness (QED) is 0.580. The second-order valence-corrected chi connectivity index (χ2v) is 3.24. The van der Waals surface area contributed by atoms with Gasteiger partial charge in [-0.3, -0.25) is 4.79 Å². The second-order valence-electron chi connectivity index (χ2n) is 3.24. The number of carbonyl (C=O) groups is 1. The van der Waals surface area contributed by atoms with Gasteiger partial charge in [0.1, 0.15) is 0 Å². The van der Waals surface area contributed by atoms with Gasteiger partial charge in [0, 0.05) is 13.1 Å². The first-order chi connectivity index (χ1) is 5.65. The van der Waals surface area contributed by atoms with E-state index < -0.39 is 6.04 Å². The van der Waals surface area contributed by atoms with Gasteiger partial charge in [-0.2, -0.15) is 0 Å². The minimum Gasteiger partial charge on any atom is -0.391 e. The molecule has 1 aliphatic heterocycles. The summed E-state index contributed by atoms with van der Waals surface area (Å²) >= 11 is 0. The first-order valence-corrected chi connectivity index (χ1v) is 4.37. The predicted octanol–water partition coefficient (Wildman–Crippen LogP) is -0.683. The Balaban J connectivity index is 2.43. The maximum Gasteiger partial charge on any atom is 0.239 e. The van der Waals surface area contributed by atoms with Gasteiger partial charge in [0.2, 0.25) is 5.91 Å². The summed E-state index contributed by atoms with van der Waals surface area (Å²) in [4.78, 5) is 13.0. The molecule has 1 amide bonds. The largest absolute Gasteiger partial charge is 0.391 e. The van der Waals surface area contributed by atoms with E-state index in [9.17, 15) is 4.79 Å². The monoisotopic (exact) mass is 172 g/mol. The second kappa shape index (κ2) is 3.87. The van der Waals surface area contributed by atoms with E-state index in [-0.39, 0.29) is 12.0 Å². The SMILES string of the molecule is CC[C@H](N)C(=O)N1CC[C@H](O)C1. The lowest BCUT2D eigenvalue weighted by atomic mass is 10.2. The minimum atomic E-state index is -0.393. The lowest BCUT2D eigenvalue weighted by molar-refractivity contribution is -0.131. The van der Waals surface area contributed by atoms with E-state index in [1.165, 1.54) is 0 Å². The zero-order chi connectivity index (χ0) is 9.14. The molecule has 2 atom stereocenters. The molecule has 3 N–H and O–H groups in total. The van der Waals surface area contributed by atoms with Gasteiger partial charge in [-0.15, -0.1) is 0 Å². The van der Waals surface area contributed by atoms with Gasteiger partial charge >= 0.3 is 0 Å². The minimum absolute atomic E-state index is 0.0333. The molecular weight excluding hydrogens is 156 g/mol. The van der Waals surface area contributed by atoms with Crippen LogP contribution in [0.4, 0.5) is 0 Å². The summed E-state index contributed by atoms with van der Waals surface area (Å²) in [6.45, 7) is 2.98. The molecule has 1 aliphatic rings. The van der Waals surface area contributed by atoms with Crippen molar-refractivity contribution in [2.75, 3.05) is 13.1 Å². The van der Waals surface area contributed by atoms with Crippen LogP contribution in [-0.2, 0) is 4.79 Å². The van der Waals surface area contributed by atoms with Crippen LogP contribution in [0.15, 0.2) is 0 Å². The van der Waals surface area contributed by atoms with Gasteiger partial charge in [0.15, 0.2) is 0 Å². The number of aliphatic hydroxyl groups is 1. The van der Waals surface area contributed by atoms with E-state index in [1.54, 1.807) is 4.90 Å². The Bertz CT molecular complexity index is 172. The van der Waals surface area contributed by atoms with Crippen molar-refractivity contribution in [2.45, 2.75) is 31.9 Å². The van der Waals surface area contributed by atoms with E-state index in [1.807, 2.05) is 6.92 Å². The molecule has 70 valence electrons. The summed E-state index contributed by atoms with van der Waals surface area (Å²) in [6.07, 6.45) is 0.992. The number of hydrogen-bond donors (Lipinski definition) is 2. The molecule has 0 aromatic carbocycles. The Morgan fingerprint density at radius 3 is 2.92 bits per heavy atom. The van der Waals surface area contributed by atoms with Gasteiger partial charge in [-0.1, -0.05) is 6.92 Å². The van der Waals surface area contributed by atoms with Gasteiger partial charge < -0.3 is 15.7 Å². The van der Waals surface area contributed by atoms with Crippen LogP contribution in [-0.4, -0.2) is 41.1 Å². The smallest absolute Gasteiger partial charge is 0.239 e. The summed E-state index contributed by atoms with van der Waals surface area (Å²) in [5.74, 6) is -0.0333. The van der Waals surface area contributed by atoms with Crippen molar-refractivity contribution in [3.63, 3.8) is 0 Å². The van der Waals surface area contributed by atoms with Crippen LogP contribution in [0.5, 0.6) is 0 Å². The van der Waals surface area contributed by atoms with Crippen molar-refractivity contribution in [1.29, 1.82) is 0 Å². The van der Waals surface area contributed by atoms with Crippen LogP contribution in [0.2, 0.25) is 0 Å². The van der Waals surface area contributed by atoms with E-state index >= 15 is 0 Å². The number of nitrogens with two attached hydrogens (primary N) is 1. The standard InChI is InChI=1S/C8H16N2O2/c1-2-7(9)8(12)10-4-3-6(11)5-10/h6-7,11H,2-5,9H2,1H3/t6-,7-/m0/s1. The highest BCUT2D eigenvalue weighted by Crippen LogP contribution is 2.10. The van der Waals surface area contributed by atoms with Crippen molar-refractivity contribution in [2.24, 2.45) is 5.73 Å². The summed E-state index contributed by atoms with van der Waals surface area (Å²) in [6, 6.07) is -0.393. The molecule has 0 radical (unpaired) electrons. The van der Waals surface area contributed by atoms with Gasteiger partial charge in [0.25, 0.3) is 0 Å². The lowest BCUT2D eigenvalue weighted by Crippen LogP contribution is -2.42. The van der Waals surface area contributed by atoms with Crippen LogP contribution in [0.1, 0.15) is 19.8 Å². The highest BCUT2D eigenvalue weighted by Gasteiger charge is 2.26. The molecule has 0 bridgehead atoms. The molecule has 0 aromatic rings. The molecule has 12 heavy (non-hydrogen) atoms. The summed E-state index contributed by atoms with van der Waals surface area (Å²) < 4.78 is 0. The molecule has 0 aromatic heterocycles. The highest BCUT2D eigenvalue weighted by molar-refractivity contribution is 5.81. The molecule has 1 heterocycles. The van der Waals surface area contributed by atoms with Crippen LogP contribution in [0.3, 0.4) is 0 Å². The molecule has 0 saturated carbocycles. The maximum absolute atomic E-state index is 11.4. The normalized spacial score (nSPS) is 25.9. The molecule has 1 saturated heterocycles. The first-order valence-electron chi connectivity index (χ1n) is 4.37. The Hall–Kier alpha value is -0.610.